The van der Waals surface area contributed by atoms with Crippen molar-refractivity contribution >= 4 is 34.3 Å². The van der Waals surface area contributed by atoms with Crippen LogP contribution in [0.1, 0.15) is 61.3 Å². The number of esters is 1. The predicted octanol–water partition coefficient (Wildman–Crippen LogP) is 4.12. The summed E-state index contributed by atoms with van der Waals surface area (Å²) in [6.07, 6.45) is -0.882. The molecule has 0 aliphatic carbocycles. The largest absolute Gasteiger partial charge is 0.445 e. The lowest BCUT2D eigenvalue weighted by atomic mass is 10.1. The minimum atomic E-state index is -1.56. The summed E-state index contributed by atoms with van der Waals surface area (Å²) in [7, 11) is 0. The van der Waals surface area contributed by atoms with Gasteiger partial charge in [-0.15, -0.1) is 11.3 Å². The van der Waals surface area contributed by atoms with E-state index in [4.69, 9.17) is 4.74 Å². The van der Waals surface area contributed by atoms with Gasteiger partial charge < -0.3 is 20.5 Å². The number of thiazole rings is 1. The highest BCUT2D eigenvalue weighted by Gasteiger charge is 2.31. The Kier molecular flexibility index (Phi) is 9.11. The van der Waals surface area contributed by atoms with Gasteiger partial charge in [0.25, 0.3) is 5.91 Å². The zero-order valence-electron chi connectivity index (χ0n) is 19.8. The van der Waals surface area contributed by atoms with Gasteiger partial charge in [0.2, 0.25) is 12.0 Å². The molecule has 0 bridgehead atoms. The highest BCUT2D eigenvalue weighted by molar-refractivity contribution is 7.15. The van der Waals surface area contributed by atoms with E-state index in [1.54, 1.807) is 73.8 Å². The Morgan fingerprint density at radius 2 is 1.57 bits per heavy atom. The molecule has 3 aromatic rings. The summed E-state index contributed by atoms with van der Waals surface area (Å²) in [4.78, 5) is 44.0. The number of hydrogen-bond donors (Lipinski definition) is 3. The first-order chi connectivity index (χ1) is 16.8. The number of ether oxygens (including phenoxy) is 1. The second-order valence-corrected chi connectivity index (χ2v) is 9.28. The van der Waals surface area contributed by atoms with Gasteiger partial charge in [-0.05, 0) is 17.9 Å². The number of carbonyl (C=O) groups excluding carboxylic acids is 3. The van der Waals surface area contributed by atoms with Gasteiger partial charge in [0.1, 0.15) is 6.04 Å². The Bertz CT molecular complexity index is 1130. The fourth-order valence-electron chi connectivity index (χ4n) is 3.26. The molecule has 9 heteroatoms. The second kappa shape index (κ2) is 12.2. The van der Waals surface area contributed by atoms with Crippen LogP contribution in [0.2, 0.25) is 0 Å². The van der Waals surface area contributed by atoms with Crippen LogP contribution in [0.3, 0.4) is 0 Å². The Balaban J connectivity index is 1.73. The van der Waals surface area contributed by atoms with Gasteiger partial charge in [0.05, 0.1) is 0 Å². The topological polar surface area (TPSA) is 118 Å². The van der Waals surface area contributed by atoms with Crippen molar-refractivity contribution in [2.45, 2.75) is 51.4 Å². The molecule has 3 atom stereocenters. The minimum Gasteiger partial charge on any atom is -0.445 e. The maximum absolute atomic E-state index is 13.2. The van der Waals surface area contributed by atoms with Crippen molar-refractivity contribution in [2.24, 2.45) is 0 Å². The summed E-state index contributed by atoms with van der Waals surface area (Å²) in [6.45, 7) is 5.83. The normalized spacial score (nSPS) is 13.5. The molecule has 1 aromatic heterocycles. The molecule has 35 heavy (non-hydrogen) atoms. The molecule has 0 saturated carbocycles. The smallest absolute Gasteiger partial charge is 0.340 e. The summed E-state index contributed by atoms with van der Waals surface area (Å²) < 4.78 is 5.44. The Hall–Kier alpha value is -3.56. The number of aromatic nitrogens is 1. The zero-order valence-corrected chi connectivity index (χ0v) is 20.6. The Morgan fingerprint density at radius 3 is 2.11 bits per heavy atom. The van der Waals surface area contributed by atoms with Crippen molar-refractivity contribution in [1.82, 2.24) is 10.3 Å². The van der Waals surface area contributed by atoms with Gasteiger partial charge in [-0.1, -0.05) is 81.4 Å². The van der Waals surface area contributed by atoms with Crippen LogP contribution in [0.4, 0.5) is 5.13 Å². The molecule has 2 aromatic carbocycles. The maximum atomic E-state index is 13.2. The molecule has 0 fully saturated rings. The fraction of sp³-hybridized carbons (Fsp3) is 0.308. The number of rotatable bonds is 10. The fourth-order valence-corrected chi connectivity index (χ4v) is 4.08. The molecule has 0 spiro atoms. The molecule has 1 heterocycles. The molecule has 3 rings (SSSR count). The molecule has 0 aliphatic rings. The van der Waals surface area contributed by atoms with E-state index in [0.29, 0.717) is 22.7 Å². The van der Waals surface area contributed by atoms with Crippen LogP contribution < -0.4 is 10.6 Å². The van der Waals surface area contributed by atoms with E-state index >= 15 is 0 Å². The zero-order chi connectivity index (χ0) is 25.4. The molecule has 3 N–H and O–H groups in total. The van der Waals surface area contributed by atoms with Crippen molar-refractivity contribution in [1.29, 1.82) is 0 Å². The molecule has 2 amide bonds. The van der Waals surface area contributed by atoms with Gasteiger partial charge in [-0.3, -0.25) is 9.59 Å². The number of hydrogen-bond acceptors (Lipinski definition) is 7. The average Bonchev–Trinajstić information content (AvgIpc) is 3.34. The Labute approximate surface area is 208 Å². The first-order valence-electron chi connectivity index (χ1n) is 11.4. The van der Waals surface area contributed by atoms with Crippen LogP contribution in [0, 0.1) is 0 Å². The van der Waals surface area contributed by atoms with Crippen molar-refractivity contribution in [2.75, 3.05) is 5.32 Å². The number of aliphatic hydroxyl groups excluding tert-OH is 1. The standard InChI is InChI=1S/C26H29N3O5S/c1-4-19(23(31)29-26-27-15-20(35-26)16(2)3)28-24(32)22(18-13-9-6-10-14-18)34-25(33)21(30)17-11-7-5-8-12-17/h5-16,19,21-22,30H,4H2,1-3H3,(H,28,32)(H,27,29,31). The minimum absolute atomic E-state index is 0.285. The van der Waals surface area contributed by atoms with E-state index in [1.165, 1.54) is 11.3 Å². The SMILES string of the molecule is CCC(NC(=O)C(OC(=O)C(O)c1ccccc1)c1ccccc1)C(=O)Nc1ncc(C(C)C)s1. The summed E-state index contributed by atoms with van der Waals surface area (Å²) in [5.41, 5.74) is 0.759. The lowest BCUT2D eigenvalue weighted by Crippen LogP contribution is -2.46. The summed E-state index contributed by atoms with van der Waals surface area (Å²) in [5.74, 6) is -1.78. The third kappa shape index (κ3) is 6.97. The number of nitrogens with one attached hydrogen (secondary N) is 2. The number of benzene rings is 2. The number of amides is 2. The van der Waals surface area contributed by atoms with E-state index in [-0.39, 0.29) is 5.92 Å². The lowest BCUT2D eigenvalue weighted by molar-refractivity contribution is -0.165. The molecule has 184 valence electrons. The molecule has 0 radical (unpaired) electrons. The highest BCUT2D eigenvalue weighted by atomic mass is 32.1. The lowest BCUT2D eigenvalue weighted by Gasteiger charge is -2.23. The van der Waals surface area contributed by atoms with Gasteiger partial charge in [-0.25, -0.2) is 9.78 Å². The number of anilines is 1. The van der Waals surface area contributed by atoms with E-state index in [1.807, 2.05) is 13.8 Å². The van der Waals surface area contributed by atoms with Crippen molar-refractivity contribution in [3.63, 3.8) is 0 Å². The van der Waals surface area contributed by atoms with Crippen LogP contribution in [0.15, 0.2) is 66.9 Å². The van der Waals surface area contributed by atoms with E-state index in [0.717, 1.165) is 4.88 Å². The van der Waals surface area contributed by atoms with Crippen LogP contribution in [-0.4, -0.2) is 33.9 Å². The average molecular weight is 496 g/mol. The van der Waals surface area contributed by atoms with Gasteiger partial charge in [0, 0.05) is 16.6 Å². The maximum Gasteiger partial charge on any atom is 0.340 e. The molecule has 3 unspecified atom stereocenters. The monoisotopic (exact) mass is 495 g/mol. The quantitative estimate of drug-likeness (QED) is 0.364. The van der Waals surface area contributed by atoms with E-state index < -0.39 is 36.0 Å². The van der Waals surface area contributed by atoms with Crippen LogP contribution >= 0.6 is 11.3 Å². The van der Waals surface area contributed by atoms with Crippen LogP contribution in [-0.2, 0) is 19.1 Å². The Morgan fingerprint density at radius 1 is 0.971 bits per heavy atom. The molecular weight excluding hydrogens is 466 g/mol. The summed E-state index contributed by atoms with van der Waals surface area (Å²) in [5, 5.41) is 16.3. The first kappa shape index (κ1) is 26.1. The molecule has 8 nitrogen and oxygen atoms in total. The van der Waals surface area contributed by atoms with Crippen LogP contribution in [0.5, 0.6) is 0 Å². The van der Waals surface area contributed by atoms with Crippen LogP contribution in [0.25, 0.3) is 0 Å². The molecular formula is C26H29N3O5S. The van der Waals surface area contributed by atoms with E-state index in [9.17, 15) is 19.5 Å². The third-order valence-electron chi connectivity index (χ3n) is 5.28. The number of aliphatic hydroxyl groups is 1. The number of nitrogens with zero attached hydrogens (tertiary/aromatic N) is 1. The molecule has 0 aliphatic heterocycles. The number of carbonyl (C=O) groups is 3. The van der Waals surface area contributed by atoms with E-state index in [2.05, 4.69) is 15.6 Å². The molecule has 0 saturated heterocycles. The summed E-state index contributed by atoms with van der Waals surface area (Å²) in [6, 6.07) is 15.9. The van der Waals surface area contributed by atoms with Crippen molar-refractivity contribution < 1.29 is 24.2 Å². The van der Waals surface area contributed by atoms with Crippen molar-refractivity contribution in [3.05, 3.63) is 82.9 Å². The third-order valence-corrected chi connectivity index (χ3v) is 6.49. The van der Waals surface area contributed by atoms with Gasteiger partial charge in [0.15, 0.2) is 11.2 Å². The second-order valence-electron chi connectivity index (χ2n) is 8.22. The van der Waals surface area contributed by atoms with Gasteiger partial charge >= 0.3 is 5.97 Å². The van der Waals surface area contributed by atoms with Crippen molar-refractivity contribution in [3.8, 4) is 0 Å². The predicted molar refractivity (Wildman–Crippen MR) is 134 cm³/mol. The first-order valence-corrected chi connectivity index (χ1v) is 12.2. The summed E-state index contributed by atoms with van der Waals surface area (Å²) >= 11 is 1.38. The highest BCUT2D eigenvalue weighted by Crippen LogP contribution is 2.26. The van der Waals surface area contributed by atoms with Gasteiger partial charge in [-0.2, -0.15) is 0 Å².